The summed E-state index contributed by atoms with van der Waals surface area (Å²) in [5.74, 6) is 0.736. The molecule has 3 nitrogen and oxygen atoms in total. The monoisotopic (exact) mass is 254 g/mol. The highest BCUT2D eigenvalue weighted by Gasteiger charge is 2.29. The first kappa shape index (κ1) is 13.0. The molecule has 0 radical (unpaired) electrons. The first-order chi connectivity index (χ1) is 8.35. The zero-order valence-corrected chi connectivity index (χ0v) is 11.6. The summed E-state index contributed by atoms with van der Waals surface area (Å²) in [7, 11) is 0. The second-order valence-electron chi connectivity index (χ2n) is 4.50. The van der Waals surface area contributed by atoms with Crippen molar-refractivity contribution in [3.8, 4) is 0 Å². The molecule has 0 spiro atoms. The first-order valence-electron chi connectivity index (χ1n) is 6.62. The fraction of sp³-hybridized carbons (Fsp3) is 0.769. The number of nitrogens with zero attached hydrogens (tertiary/aromatic N) is 1. The third kappa shape index (κ3) is 3.76. The van der Waals surface area contributed by atoms with Crippen LogP contribution in [0.5, 0.6) is 0 Å². The molecule has 1 heterocycles. The fourth-order valence-electron chi connectivity index (χ4n) is 1.85. The van der Waals surface area contributed by atoms with E-state index in [0.29, 0.717) is 6.61 Å². The van der Waals surface area contributed by atoms with Crippen molar-refractivity contribution in [2.75, 3.05) is 13.2 Å². The maximum atomic E-state index is 5.44. The van der Waals surface area contributed by atoms with Gasteiger partial charge in [0.15, 0.2) is 0 Å². The van der Waals surface area contributed by atoms with Gasteiger partial charge in [0, 0.05) is 23.9 Å². The van der Waals surface area contributed by atoms with Gasteiger partial charge < -0.3 is 10.1 Å². The predicted octanol–water partition coefficient (Wildman–Crippen LogP) is 3.06. The van der Waals surface area contributed by atoms with Gasteiger partial charge in [-0.05, 0) is 32.7 Å². The van der Waals surface area contributed by atoms with Gasteiger partial charge in [0.05, 0.1) is 12.3 Å². The predicted molar refractivity (Wildman–Crippen MR) is 71.4 cm³/mol. The van der Waals surface area contributed by atoms with Crippen molar-refractivity contribution >= 4 is 11.3 Å². The average Bonchev–Trinajstić information content (AvgIpc) is 3.10. The number of ether oxygens (including phenoxy) is 1. The Hall–Kier alpha value is -0.450. The van der Waals surface area contributed by atoms with Gasteiger partial charge in [-0.1, -0.05) is 6.92 Å². The van der Waals surface area contributed by atoms with Gasteiger partial charge in [0.1, 0.15) is 5.01 Å². The van der Waals surface area contributed by atoms with Crippen molar-refractivity contribution in [2.45, 2.75) is 52.2 Å². The molecule has 17 heavy (non-hydrogen) atoms. The lowest BCUT2D eigenvalue weighted by Crippen LogP contribution is -2.13. The molecule has 96 valence electrons. The van der Waals surface area contributed by atoms with Crippen molar-refractivity contribution in [1.82, 2.24) is 10.3 Å². The summed E-state index contributed by atoms with van der Waals surface area (Å²) in [5.41, 5.74) is 1.34. The van der Waals surface area contributed by atoms with Gasteiger partial charge in [-0.15, -0.1) is 11.3 Å². The molecule has 0 aromatic carbocycles. The van der Waals surface area contributed by atoms with Crippen LogP contribution in [0.25, 0.3) is 0 Å². The van der Waals surface area contributed by atoms with Gasteiger partial charge in [-0.25, -0.2) is 4.98 Å². The highest BCUT2D eigenvalue weighted by Crippen LogP contribution is 2.42. The van der Waals surface area contributed by atoms with Crippen LogP contribution in [0.15, 0.2) is 0 Å². The Balaban J connectivity index is 1.97. The number of hydrogen-bond donors (Lipinski definition) is 1. The Labute approximate surface area is 108 Å². The molecule has 4 heteroatoms. The maximum Gasteiger partial charge on any atom is 0.119 e. The molecule has 1 aromatic heterocycles. The van der Waals surface area contributed by atoms with Crippen LogP contribution >= 0.6 is 11.3 Å². The molecule has 2 rings (SSSR count). The first-order valence-corrected chi connectivity index (χ1v) is 7.43. The molecular weight excluding hydrogens is 232 g/mol. The van der Waals surface area contributed by atoms with Crippen LogP contribution < -0.4 is 5.32 Å². The summed E-state index contributed by atoms with van der Waals surface area (Å²) in [4.78, 5) is 6.17. The van der Waals surface area contributed by atoms with Crippen molar-refractivity contribution in [2.24, 2.45) is 0 Å². The van der Waals surface area contributed by atoms with Crippen LogP contribution in [0.2, 0.25) is 0 Å². The highest BCUT2D eigenvalue weighted by atomic mass is 32.1. The van der Waals surface area contributed by atoms with Crippen LogP contribution in [0.1, 0.15) is 54.6 Å². The summed E-state index contributed by atoms with van der Waals surface area (Å²) in [6.07, 6.45) is 3.82. The van der Waals surface area contributed by atoms with Crippen LogP contribution in [-0.4, -0.2) is 18.1 Å². The minimum Gasteiger partial charge on any atom is -0.375 e. The lowest BCUT2D eigenvalue weighted by atomic mass is 10.2. The van der Waals surface area contributed by atoms with E-state index in [1.807, 2.05) is 18.3 Å². The summed E-state index contributed by atoms with van der Waals surface area (Å²) >= 11 is 1.82. The Morgan fingerprint density at radius 3 is 2.88 bits per heavy atom. The van der Waals surface area contributed by atoms with E-state index in [2.05, 4.69) is 12.2 Å². The molecular formula is C13H22N2OS. The van der Waals surface area contributed by atoms with Crippen molar-refractivity contribution in [1.29, 1.82) is 0 Å². The molecule has 0 saturated heterocycles. The Morgan fingerprint density at radius 2 is 2.24 bits per heavy atom. The number of thiazole rings is 1. The van der Waals surface area contributed by atoms with Gasteiger partial charge in [-0.2, -0.15) is 0 Å². The Morgan fingerprint density at radius 1 is 1.41 bits per heavy atom. The standard InChI is InChI=1S/C13H22N2OS/c1-3-7-14-8-11-13(10-5-6-10)15-12(17-11)9-16-4-2/h10,14H,3-9H2,1-2H3. The molecule has 0 aliphatic heterocycles. The minimum atomic E-state index is 0.675. The molecule has 1 aromatic rings. The molecule has 1 saturated carbocycles. The summed E-state index contributed by atoms with van der Waals surface area (Å²) in [6, 6.07) is 0. The third-order valence-electron chi connectivity index (χ3n) is 2.88. The number of aromatic nitrogens is 1. The molecule has 1 aliphatic carbocycles. The Bertz CT molecular complexity index is 347. The van der Waals surface area contributed by atoms with Gasteiger partial charge in [-0.3, -0.25) is 0 Å². The highest BCUT2D eigenvalue weighted by molar-refractivity contribution is 7.11. The molecule has 0 amide bonds. The Kier molecular flexibility index (Phi) is 4.95. The number of nitrogens with one attached hydrogen (secondary N) is 1. The topological polar surface area (TPSA) is 34.1 Å². The van der Waals surface area contributed by atoms with Crippen LogP contribution in [0, 0.1) is 0 Å². The SMILES string of the molecule is CCCNCc1sc(COCC)nc1C1CC1. The number of hydrogen-bond acceptors (Lipinski definition) is 4. The second-order valence-corrected chi connectivity index (χ2v) is 5.67. The van der Waals surface area contributed by atoms with Gasteiger partial charge in [0.25, 0.3) is 0 Å². The molecule has 0 bridgehead atoms. The van der Waals surface area contributed by atoms with E-state index >= 15 is 0 Å². The van der Waals surface area contributed by atoms with Crippen molar-refractivity contribution < 1.29 is 4.74 Å². The second kappa shape index (κ2) is 6.47. The lowest BCUT2D eigenvalue weighted by Gasteiger charge is -2.01. The van der Waals surface area contributed by atoms with E-state index in [1.165, 1.54) is 29.8 Å². The smallest absolute Gasteiger partial charge is 0.119 e. The van der Waals surface area contributed by atoms with Crippen LogP contribution in [0.4, 0.5) is 0 Å². The summed E-state index contributed by atoms with van der Waals surface area (Å²) in [6.45, 7) is 7.73. The zero-order valence-electron chi connectivity index (χ0n) is 10.8. The minimum absolute atomic E-state index is 0.675. The van der Waals surface area contributed by atoms with Crippen LogP contribution in [0.3, 0.4) is 0 Å². The normalized spacial score (nSPS) is 15.4. The molecule has 1 N–H and O–H groups in total. The molecule has 0 atom stereocenters. The van der Waals surface area contributed by atoms with E-state index in [-0.39, 0.29) is 0 Å². The van der Waals surface area contributed by atoms with Gasteiger partial charge in [0.2, 0.25) is 0 Å². The van der Waals surface area contributed by atoms with Gasteiger partial charge >= 0.3 is 0 Å². The van der Waals surface area contributed by atoms with Crippen LogP contribution in [-0.2, 0) is 17.9 Å². The van der Waals surface area contributed by atoms with Crippen molar-refractivity contribution in [3.05, 3.63) is 15.6 Å². The molecule has 1 fully saturated rings. The zero-order chi connectivity index (χ0) is 12.1. The maximum absolute atomic E-state index is 5.44. The summed E-state index contributed by atoms with van der Waals surface area (Å²) in [5, 5.41) is 4.61. The third-order valence-corrected chi connectivity index (χ3v) is 3.92. The average molecular weight is 254 g/mol. The largest absolute Gasteiger partial charge is 0.375 e. The summed E-state index contributed by atoms with van der Waals surface area (Å²) < 4.78 is 5.44. The van der Waals surface area contributed by atoms with E-state index in [9.17, 15) is 0 Å². The number of rotatable bonds is 8. The van der Waals surface area contributed by atoms with E-state index < -0.39 is 0 Å². The van der Waals surface area contributed by atoms with E-state index in [4.69, 9.17) is 9.72 Å². The van der Waals surface area contributed by atoms with E-state index in [0.717, 1.165) is 30.6 Å². The fourth-order valence-corrected chi connectivity index (χ4v) is 2.91. The molecule has 1 aliphatic rings. The van der Waals surface area contributed by atoms with E-state index in [1.54, 1.807) is 0 Å². The van der Waals surface area contributed by atoms with Crippen molar-refractivity contribution in [3.63, 3.8) is 0 Å². The molecule has 0 unspecified atom stereocenters. The lowest BCUT2D eigenvalue weighted by molar-refractivity contribution is 0.134. The quantitative estimate of drug-likeness (QED) is 0.724.